The molecule has 0 bridgehead atoms. The van der Waals surface area contributed by atoms with Gasteiger partial charge in [-0.1, -0.05) is 60.9 Å². The summed E-state index contributed by atoms with van der Waals surface area (Å²) in [5, 5.41) is 3.26. The fourth-order valence-electron chi connectivity index (χ4n) is 3.89. The van der Waals surface area contributed by atoms with Gasteiger partial charge in [0.1, 0.15) is 0 Å². The monoisotopic (exact) mass is 293 g/mol. The van der Waals surface area contributed by atoms with Gasteiger partial charge in [-0.15, -0.1) is 0 Å². The van der Waals surface area contributed by atoms with Crippen LogP contribution >= 0.6 is 0 Å². The summed E-state index contributed by atoms with van der Waals surface area (Å²) >= 11 is 0. The minimum absolute atomic E-state index is 0.163. The maximum Gasteiger partial charge on any atom is 0.0187 e. The van der Waals surface area contributed by atoms with E-state index in [4.69, 9.17) is 0 Å². The quantitative estimate of drug-likeness (QED) is 0.767. The van der Waals surface area contributed by atoms with Gasteiger partial charge in [0.2, 0.25) is 0 Å². The predicted molar refractivity (Wildman–Crippen MR) is 95.6 cm³/mol. The summed E-state index contributed by atoms with van der Waals surface area (Å²) in [7, 11) is 2.04. The third kappa shape index (κ3) is 2.48. The summed E-state index contributed by atoms with van der Waals surface area (Å²) in [6.07, 6.45) is 3.73. The van der Waals surface area contributed by atoms with E-state index >= 15 is 0 Å². The van der Waals surface area contributed by atoms with E-state index in [0.717, 1.165) is 6.54 Å². The van der Waals surface area contributed by atoms with Crippen LogP contribution in [0.2, 0.25) is 0 Å². The highest BCUT2D eigenvalue weighted by Crippen LogP contribution is 2.51. The smallest absolute Gasteiger partial charge is 0.0187 e. The Morgan fingerprint density at radius 2 is 1.41 bits per heavy atom. The van der Waals surface area contributed by atoms with Gasteiger partial charge in [0.25, 0.3) is 0 Å². The summed E-state index contributed by atoms with van der Waals surface area (Å²) in [6, 6.07) is 13.9. The zero-order valence-corrected chi connectivity index (χ0v) is 14.3. The van der Waals surface area contributed by atoms with E-state index in [9.17, 15) is 0 Å². The Morgan fingerprint density at radius 1 is 0.864 bits per heavy atom. The largest absolute Gasteiger partial charge is 0.320 e. The molecule has 0 spiro atoms. The molecule has 2 aromatic rings. The van der Waals surface area contributed by atoms with Crippen molar-refractivity contribution in [2.75, 3.05) is 13.6 Å². The van der Waals surface area contributed by atoms with Crippen molar-refractivity contribution in [1.29, 1.82) is 0 Å². The van der Waals surface area contributed by atoms with Crippen molar-refractivity contribution in [3.63, 3.8) is 0 Å². The first-order valence-corrected chi connectivity index (χ1v) is 8.43. The van der Waals surface area contributed by atoms with Crippen LogP contribution in [0.15, 0.2) is 36.4 Å². The Bertz CT molecular complexity index is 633. The average molecular weight is 293 g/mol. The fourth-order valence-corrected chi connectivity index (χ4v) is 3.89. The number of unbranched alkanes of at least 4 members (excludes halogenated alkanes) is 1. The molecule has 0 amide bonds. The molecular weight excluding hydrogens is 266 g/mol. The number of aryl methyl sites for hydroxylation is 2. The number of nitrogens with one attached hydrogen (secondary N) is 1. The molecule has 1 nitrogen and oxygen atoms in total. The van der Waals surface area contributed by atoms with Gasteiger partial charge in [-0.3, -0.25) is 0 Å². The normalized spacial score (nSPS) is 14.7. The van der Waals surface area contributed by atoms with Crippen molar-refractivity contribution < 1.29 is 0 Å². The molecule has 0 fully saturated rings. The molecule has 0 radical (unpaired) electrons. The van der Waals surface area contributed by atoms with Crippen molar-refractivity contribution in [1.82, 2.24) is 5.32 Å². The topological polar surface area (TPSA) is 12.0 Å². The number of hydrogen-bond donors (Lipinski definition) is 1. The lowest BCUT2D eigenvalue weighted by Gasteiger charge is -2.28. The van der Waals surface area contributed by atoms with Crippen LogP contribution in [0.4, 0.5) is 0 Å². The molecule has 1 aliphatic carbocycles. The molecule has 0 saturated carbocycles. The summed E-state index contributed by atoms with van der Waals surface area (Å²) in [5.74, 6) is 0. The predicted octanol–water partition coefficient (Wildman–Crippen LogP) is 4.98. The first-order chi connectivity index (χ1) is 10.6. The van der Waals surface area contributed by atoms with Gasteiger partial charge in [-0.2, -0.15) is 0 Å². The second-order valence-corrected chi connectivity index (χ2v) is 6.99. The molecule has 3 rings (SSSR count). The van der Waals surface area contributed by atoms with E-state index in [2.05, 4.69) is 62.5 Å². The Morgan fingerprint density at radius 3 is 1.91 bits per heavy atom. The van der Waals surface area contributed by atoms with Gasteiger partial charge in [-0.05, 0) is 62.5 Å². The van der Waals surface area contributed by atoms with E-state index < -0.39 is 0 Å². The zero-order valence-electron chi connectivity index (χ0n) is 14.3. The summed E-state index contributed by atoms with van der Waals surface area (Å²) < 4.78 is 0. The Kier molecular flexibility index (Phi) is 4.10. The molecular formula is C21H27N. The van der Waals surface area contributed by atoms with Crippen LogP contribution in [0.1, 0.15) is 48.4 Å². The number of hydrogen-bond acceptors (Lipinski definition) is 1. The number of rotatable bonds is 5. The lowest BCUT2D eigenvalue weighted by Crippen LogP contribution is -2.21. The van der Waals surface area contributed by atoms with E-state index in [-0.39, 0.29) is 5.41 Å². The highest BCUT2D eigenvalue weighted by Gasteiger charge is 2.38. The van der Waals surface area contributed by atoms with Crippen molar-refractivity contribution in [3.05, 3.63) is 58.7 Å². The van der Waals surface area contributed by atoms with Gasteiger partial charge in [0.15, 0.2) is 0 Å². The van der Waals surface area contributed by atoms with Crippen LogP contribution in [0.25, 0.3) is 11.1 Å². The molecule has 2 aromatic carbocycles. The first-order valence-electron chi connectivity index (χ1n) is 8.43. The highest BCUT2D eigenvalue weighted by molar-refractivity contribution is 5.81. The molecule has 1 N–H and O–H groups in total. The third-order valence-corrected chi connectivity index (χ3v) is 5.18. The van der Waals surface area contributed by atoms with Crippen LogP contribution in [0.5, 0.6) is 0 Å². The highest BCUT2D eigenvalue weighted by atomic mass is 14.8. The summed E-state index contributed by atoms with van der Waals surface area (Å²) in [6.45, 7) is 7.96. The Labute approximate surface area is 134 Å². The molecule has 0 atom stereocenters. The lowest BCUT2D eigenvalue weighted by molar-refractivity contribution is 0.491. The minimum Gasteiger partial charge on any atom is -0.320 e. The van der Waals surface area contributed by atoms with E-state index in [1.165, 1.54) is 52.6 Å². The third-order valence-electron chi connectivity index (χ3n) is 5.18. The van der Waals surface area contributed by atoms with Crippen molar-refractivity contribution in [2.24, 2.45) is 0 Å². The second kappa shape index (κ2) is 5.89. The van der Waals surface area contributed by atoms with Crippen LogP contribution in [0.3, 0.4) is 0 Å². The van der Waals surface area contributed by atoms with Gasteiger partial charge in [0, 0.05) is 5.41 Å². The van der Waals surface area contributed by atoms with Crippen molar-refractivity contribution >= 4 is 0 Å². The maximum atomic E-state index is 3.26. The van der Waals surface area contributed by atoms with E-state index in [0.29, 0.717) is 0 Å². The van der Waals surface area contributed by atoms with Crippen molar-refractivity contribution in [2.45, 2.75) is 45.4 Å². The average Bonchev–Trinajstić information content (AvgIpc) is 2.73. The molecule has 1 heteroatoms. The first kappa shape index (κ1) is 15.3. The molecule has 0 heterocycles. The SMILES string of the molecule is CNCCCCC1(C)c2cc(C)ccc2-c2ccc(C)cc21. The van der Waals surface area contributed by atoms with E-state index in [1.54, 1.807) is 0 Å². The van der Waals surface area contributed by atoms with Crippen LogP contribution < -0.4 is 5.32 Å². The van der Waals surface area contributed by atoms with Crippen molar-refractivity contribution in [3.8, 4) is 11.1 Å². The summed E-state index contributed by atoms with van der Waals surface area (Å²) in [4.78, 5) is 0. The van der Waals surface area contributed by atoms with Gasteiger partial charge in [-0.25, -0.2) is 0 Å². The standard InChI is InChI=1S/C21H27N/c1-15-7-9-17-18-10-8-16(2)14-20(18)21(3,19(17)13-15)11-5-6-12-22-4/h7-10,13-14,22H,5-6,11-12H2,1-4H3. The fraction of sp³-hybridized carbons (Fsp3) is 0.429. The molecule has 22 heavy (non-hydrogen) atoms. The van der Waals surface area contributed by atoms with Crippen LogP contribution in [0, 0.1) is 13.8 Å². The molecule has 116 valence electrons. The molecule has 0 unspecified atom stereocenters. The number of fused-ring (bicyclic) bond motifs is 3. The zero-order chi connectivity index (χ0) is 15.7. The number of benzene rings is 2. The van der Waals surface area contributed by atoms with Crippen LogP contribution in [-0.2, 0) is 5.41 Å². The minimum atomic E-state index is 0.163. The van der Waals surface area contributed by atoms with Crippen LogP contribution in [-0.4, -0.2) is 13.6 Å². The Balaban J connectivity index is 2.05. The van der Waals surface area contributed by atoms with E-state index in [1.807, 2.05) is 7.05 Å². The molecule has 0 saturated heterocycles. The Hall–Kier alpha value is -1.60. The molecule has 0 aromatic heterocycles. The van der Waals surface area contributed by atoms with Gasteiger partial charge in [0.05, 0.1) is 0 Å². The van der Waals surface area contributed by atoms with Gasteiger partial charge < -0.3 is 5.32 Å². The molecule has 0 aliphatic heterocycles. The molecule has 1 aliphatic rings. The summed E-state index contributed by atoms with van der Waals surface area (Å²) in [5.41, 5.74) is 8.83. The lowest BCUT2D eigenvalue weighted by atomic mass is 9.75. The second-order valence-electron chi connectivity index (χ2n) is 6.99. The maximum absolute atomic E-state index is 3.26. The van der Waals surface area contributed by atoms with Gasteiger partial charge >= 0.3 is 0 Å².